The molecule has 1 aromatic carbocycles. The van der Waals surface area contributed by atoms with Crippen LogP contribution < -0.4 is 5.32 Å². The summed E-state index contributed by atoms with van der Waals surface area (Å²) in [5.74, 6) is 0.776. The van der Waals surface area contributed by atoms with Crippen LogP contribution in [-0.4, -0.2) is 85.1 Å². The van der Waals surface area contributed by atoms with Crippen LogP contribution >= 0.6 is 24.0 Å². The number of ether oxygens (including phenoxy) is 1. The molecule has 0 spiro atoms. The zero-order chi connectivity index (χ0) is 22.3. The lowest BCUT2D eigenvalue weighted by molar-refractivity contribution is 0.0904. The zero-order valence-electron chi connectivity index (χ0n) is 18.8. The molecular formula is C21H33IN6O3S. The highest BCUT2D eigenvalue weighted by atomic mass is 127. The van der Waals surface area contributed by atoms with Gasteiger partial charge in [-0.05, 0) is 31.5 Å². The summed E-state index contributed by atoms with van der Waals surface area (Å²) in [6, 6.07) is 9.96. The third-order valence-corrected chi connectivity index (χ3v) is 6.95. The normalized spacial score (nSPS) is 15.6. The molecule has 0 atom stereocenters. The van der Waals surface area contributed by atoms with Crippen LogP contribution in [0.25, 0.3) is 5.69 Å². The number of hydrogen-bond acceptors (Lipinski definition) is 5. The molecule has 1 N–H and O–H groups in total. The van der Waals surface area contributed by atoms with Crippen molar-refractivity contribution >= 4 is 40.0 Å². The molecule has 2 aromatic rings. The molecule has 0 saturated carbocycles. The maximum Gasteiger partial charge on any atom is 0.216 e. The summed E-state index contributed by atoms with van der Waals surface area (Å²) in [4.78, 5) is 6.49. The molecule has 1 fully saturated rings. The van der Waals surface area contributed by atoms with E-state index in [1.807, 2.05) is 49.0 Å². The number of nitrogens with zero attached hydrogens (tertiary/aromatic N) is 5. The molecule has 1 saturated heterocycles. The van der Waals surface area contributed by atoms with Crippen molar-refractivity contribution in [1.29, 1.82) is 0 Å². The van der Waals surface area contributed by atoms with Gasteiger partial charge in [-0.1, -0.05) is 18.2 Å². The molecule has 0 radical (unpaired) electrons. The Hall–Kier alpha value is -1.70. The number of sulfonamides is 1. The Kier molecular flexibility index (Phi) is 10.4. The van der Waals surface area contributed by atoms with E-state index in [2.05, 4.69) is 26.4 Å². The van der Waals surface area contributed by atoms with E-state index < -0.39 is 10.0 Å². The fourth-order valence-corrected chi connectivity index (χ4v) is 4.78. The van der Waals surface area contributed by atoms with Gasteiger partial charge in [0.1, 0.15) is 0 Å². The van der Waals surface area contributed by atoms with Crippen LogP contribution in [0.2, 0.25) is 0 Å². The molecule has 0 unspecified atom stereocenters. The maximum atomic E-state index is 12.5. The first-order chi connectivity index (χ1) is 14.9. The molecule has 9 nitrogen and oxygen atoms in total. The molecule has 178 valence electrons. The van der Waals surface area contributed by atoms with Gasteiger partial charge < -0.3 is 15.0 Å². The largest absolute Gasteiger partial charge is 0.378 e. The standard InChI is InChI=1S/C21H32N6O3S.HI/c1-18(2)30-15-16-31(28,29)26-13-11-25(12-14-26)21(22-3)23-17-19-7-4-5-8-20(19)27-10-6-9-24-27;/h4-10,18H,11-17H2,1-3H3,(H,22,23);1H. The van der Waals surface area contributed by atoms with Crippen LogP contribution in [0.4, 0.5) is 0 Å². The van der Waals surface area contributed by atoms with Gasteiger partial charge in [0.15, 0.2) is 5.96 Å². The first kappa shape index (κ1) is 26.6. The number of aromatic nitrogens is 2. The second kappa shape index (κ2) is 12.5. The van der Waals surface area contributed by atoms with Crippen LogP contribution in [0.5, 0.6) is 0 Å². The number of hydrogen-bond donors (Lipinski definition) is 1. The molecule has 1 aromatic heterocycles. The third kappa shape index (κ3) is 7.15. The van der Waals surface area contributed by atoms with Crippen LogP contribution in [0, 0.1) is 0 Å². The average Bonchev–Trinajstić information content (AvgIpc) is 3.29. The number of benzene rings is 1. The van der Waals surface area contributed by atoms with Gasteiger partial charge in [-0.2, -0.15) is 9.40 Å². The van der Waals surface area contributed by atoms with E-state index in [4.69, 9.17) is 4.74 Å². The van der Waals surface area contributed by atoms with Gasteiger partial charge in [0.2, 0.25) is 10.0 Å². The van der Waals surface area contributed by atoms with E-state index in [-0.39, 0.29) is 42.4 Å². The van der Waals surface area contributed by atoms with E-state index in [0.717, 1.165) is 17.2 Å². The highest BCUT2D eigenvalue weighted by Crippen LogP contribution is 2.14. The van der Waals surface area contributed by atoms with Crippen LogP contribution in [0.1, 0.15) is 19.4 Å². The molecule has 0 bridgehead atoms. The lowest BCUT2D eigenvalue weighted by Gasteiger charge is -2.36. The van der Waals surface area contributed by atoms with Crippen molar-refractivity contribution in [2.24, 2.45) is 4.99 Å². The van der Waals surface area contributed by atoms with Crippen LogP contribution in [0.15, 0.2) is 47.7 Å². The lowest BCUT2D eigenvalue weighted by atomic mass is 10.2. The van der Waals surface area contributed by atoms with Crippen molar-refractivity contribution < 1.29 is 13.2 Å². The minimum atomic E-state index is -3.31. The van der Waals surface area contributed by atoms with Gasteiger partial charge in [-0.25, -0.2) is 13.1 Å². The maximum absolute atomic E-state index is 12.5. The summed E-state index contributed by atoms with van der Waals surface area (Å²) in [7, 11) is -1.57. The zero-order valence-corrected chi connectivity index (χ0v) is 22.0. The number of guanidine groups is 1. The number of rotatable bonds is 8. The number of aliphatic imine (C=N–C) groups is 1. The van der Waals surface area contributed by atoms with Crippen molar-refractivity contribution in [2.45, 2.75) is 26.5 Å². The third-order valence-electron chi connectivity index (χ3n) is 5.12. The highest BCUT2D eigenvalue weighted by Gasteiger charge is 2.28. The smallest absolute Gasteiger partial charge is 0.216 e. The molecule has 0 amide bonds. The molecule has 1 aliphatic rings. The number of para-hydroxylation sites is 1. The number of piperazine rings is 1. The van der Waals surface area contributed by atoms with E-state index in [1.165, 1.54) is 0 Å². The minimum absolute atomic E-state index is 0. The Morgan fingerprint density at radius 3 is 2.53 bits per heavy atom. The molecule has 32 heavy (non-hydrogen) atoms. The van der Waals surface area contributed by atoms with Gasteiger partial charge in [0.05, 0.1) is 24.2 Å². The molecule has 11 heteroatoms. The fourth-order valence-electron chi connectivity index (χ4n) is 3.50. The lowest BCUT2D eigenvalue weighted by Crippen LogP contribution is -2.54. The monoisotopic (exact) mass is 576 g/mol. The van der Waals surface area contributed by atoms with Gasteiger partial charge in [0, 0.05) is 52.2 Å². The Morgan fingerprint density at radius 1 is 1.19 bits per heavy atom. The van der Waals surface area contributed by atoms with Crippen LogP contribution in [-0.2, 0) is 21.3 Å². The molecule has 0 aliphatic carbocycles. The Bertz CT molecular complexity index is 958. The molecule has 3 rings (SSSR count). The topological polar surface area (TPSA) is 92.1 Å². The van der Waals surface area contributed by atoms with E-state index >= 15 is 0 Å². The van der Waals surface area contributed by atoms with Gasteiger partial charge >= 0.3 is 0 Å². The second-order valence-electron chi connectivity index (χ2n) is 7.60. The first-order valence-corrected chi connectivity index (χ1v) is 12.1. The molecule has 2 heterocycles. The quantitative estimate of drug-likeness (QED) is 0.294. The minimum Gasteiger partial charge on any atom is -0.378 e. The molecule has 1 aliphatic heterocycles. The summed E-state index contributed by atoms with van der Waals surface area (Å²) in [5.41, 5.74) is 2.11. The van der Waals surface area contributed by atoms with E-state index in [1.54, 1.807) is 17.5 Å². The summed E-state index contributed by atoms with van der Waals surface area (Å²) in [6.07, 6.45) is 3.70. The van der Waals surface area contributed by atoms with Crippen molar-refractivity contribution in [3.05, 3.63) is 48.3 Å². The van der Waals surface area contributed by atoms with Gasteiger partial charge in [0.25, 0.3) is 0 Å². The average molecular weight is 577 g/mol. The summed E-state index contributed by atoms with van der Waals surface area (Å²) in [6.45, 7) is 6.67. The summed E-state index contributed by atoms with van der Waals surface area (Å²) in [5, 5.41) is 7.73. The van der Waals surface area contributed by atoms with E-state index in [0.29, 0.717) is 32.7 Å². The Balaban J connectivity index is 0.00000363. The fraction of sp³-hybridized carbons (Fsp3) is 0.524. The van der Waals surface area contributed by atoms with Gasteiger partial charge in [-0.15, -0.1) is 24.0 Å². The van der Waals surface area contributed by atoms with Crippen molar-refractivity contribution in [2.75, 3.05) is 45.6 Å². The Morgan fingerprint density at radius 2 is 1.91 bits per heavy atom. The predicted molar refractivity (Wildman–Crippen MR) is 137 cm³/mol. The van der Waals surface area contributed by atoms with Crippen LogP contribution in [0.3, 0.4) is 0 Å². The van der Waals surface area contributed by atoms with E-state index in [9.17, 15) is 8.42 Å². The van der Waals surface area contributed by atoms with Crippen molar-refractivity contribution in [3.8, 4) is 5.69 Å². The summed E-state index contributed by atoms with van der Waals surface area (Å²) >= 11 is 0. The van der Waals surface area contributed by atoms with Crippen molar-refractivity contribution in [1.82, 2.24) is 24.3 Å². The predicted octanol–water partition coefficient (Wildman–Crippen LogP) is 1.94. The summed E-state index contributed by atoms with van der Waals surface area (Å²) < 4.78 is 33.9. The van der Waals surface area contributed by atoms with Gasteiger partial charge in [-0.3, -0.25) is 4.99 Å². The highest BCUT2D eigenvalue weighted by molar-refractivity contribution is 14.0. The first-order valence-electron chi connectivity index (χ1n) is 10.5. The SMILES string of the molecule is CN=C(NCc1ccccc1-n1cccn1)N1CCN(S(=O)(=O)CCOC(C)C)CC1.I. The Labute approximate surface area is 207 Å². The second-order valence-corrected chi connectivity index (χ2v) is 9.69. The molecular weight excluding hydrogens is 543 g/mol. The number of halogens is 1. The van der Waals surface area contributed by atoms with Crippen molar-refractivity contribution in [3.63, 3.8) is 0 Å². The number of nitrogens with one attached hydrogen (secondary N) is 1.